The molecule has 0 unspecified atom stereocenters. The van der Waals surface area contributed by atoms with Crippen LogP contribution >= 0.6 is 0 Å². The van der Waals surface area contributed by atoms with Gasteiger partial charge < -0.3 is 5.32 Å². The summed E-state index contributed by atoms with van der Waals surface area (Å²) in [6, 6.07) is 0. The molecule has 1 rings (SSSR count). The van der Waals surface area contributed by atoms with E-state index in [9.17, 15) is 10.1 Å². The van der Waals surface area contributed by atoms with Crippen LogP contribution in [-0.2, 0) is 0 Å². The maximum absolute atomic E-state index is 10.8. The Bertz CT molecular complexity index is 338. The Balaban J connectivity index is 2.86. The van der Waals surface area contributed by atoms with Crippen LogP contribution in [0.15, 0.2) is 36.2 Å². The van der Waals surface area contributed by atoms with Crippen molar-refractivity contribution in [2.24, 2.45) is 0 Å². The zero-order valence-electron chi connectivity index (χ0n) is 9.12. The number of nitro groups is 1. The molecule has 1 N–H and O–H groups in total. The highest BCUT2D eigenvalue weighted by Crippen LogP contribution is 2.36. The van der Waals surface area contributed by atoms with Gasteiger partial charge in [0.25, 0.3) is 5.70 Å². The van der Waals surface area contributed by atoms with E-state index in [1.54, 1.807) is 19.1 Å². The first-order valence-corrected chi connectivity index (χ1v) is 4.94. The van der Waals surface area contributed by atoms with Crippen LogP contribution in [0.3, 0.4) is 0 Å². The predicted octanol–water partition coefficient (Wildman–Crippen LogP) is 2.38. The molecule has 0 aliphatic heterocycles. The van der Waals surface area contributed by atoms with Crippen molar-refractivity contribution in [3.63, 3.8) is 0 Å². The van der Waals surface area contributed by atoms with Crippen molar-refractivity contribution >= 4 is 0 Å². The predicted molar refractivity (Wildman–Crippen MR) is 59.8 cm³/mol. The van der Waals surface area contributed by atoms with E-state index in [1.807, 2.05) is 0 Å². The highest BCUT2D eigenvalue weighted by Gasteiger charge is 2.39. The summed E-state index contributed by atoms with van der Waals surface area (Å²) in [4.78, 5) is 10.4. The second-order valence-corrected chi connectivity index (χ2v) is 3.93. The van der Waals surface area contributed by atoms with Gasteiger partial charge in [0, 0.05) is 5.54 Å². The highest BCUT2D eigenvalue weighted by atomic mass is 16.6. The summed E-state index contributed by atoms with van der Waals surface area (Å²) in [6.07, 6.45) is 6.79. The van der Waals surface area contributed by atoms with E-state index in [0.29, 0.717) is 5.70 Å². The van der Waals surface area contributed by atoms with E-state index in [2.05, 4.69) is 18.8 Å². The van der Waals surface area contributed by atoms with E-state index in [0.717, 1.165) is 12.8 Å². The minimum Gasteiger partial charge on any atom is -0.374 e. The van der Waals surface area contributed by atoms with Gasteiger partial charge in [-0.2, -0.15) is 0 Å². The fourth-order valence-corrected chi connectivity index (χ4v) is 1.31. The maximum Gasteiger partial charge on any atom is 0.288 e. The Labute approximate surface area is 89.5 Å². The SMILES string of the molecule is C=C/C=C(NC1(C)CC1)\C(=C/C)[N+](=O)[O-]. The third-order valence-corrected chi connectivity index (χ3v) is 2.47. The fourth-order valence-electron chi connectivity index (χ4n) is 1.31. The molecule has 1 aliphatic carbocycles. The van der Waals surface area contributed by atoms with Crippen LogP contribution in [0.4, 0.5) is 0 Å². The van der Waals surface area contributed by atoms with E-state index < -0.39 is 0 Å². The Kier molecular flexibility index (Phi) is 3.29. The van der Waals surface area contributed by atoms with E-state index >= 15 is 0 Å². The number of rotatable bonds is 5. The molecule has 1 aliphatic rings. The van der Waals surface area contributed by atoms with Crippen LogP contribution in [-0.4, -0.2) is 10.5 Å². The first-order valence-electron chi connectivity index (χ1n) is 4.94. The van der Waals surface area contributed by atoms with Gasteiger partial charge >= 0.3 is 0 Å². The summed E-state index contributed by atoms with van der Waals surface area (Å²) in [7, 11) is 0. The zero-order valence-corrected chi connectivity index (χ0v) is 9.12. The van der Waals surface area contributed by atoms with E-state index in [4.69, 9.17) is 0 Å². The Morgan fingerprint density at radius 1 is 1.60 bits per heavy atom. The van der Waals surface area contributed by atoms with Gasteiger partial charge in [-0.05, 0) is 38.8 Å². The molecular weight excluding hydrogens is 192 g/mol. The molecule has 0 amide bonds. The lowest BCUT2D eigenvalue weighted by atomic mass is 10.2. The molecule has 0 spiro atoms. The average Bonchev–Trinajstić information content (AvgIpc) is 2.84. The first kappa shape index (κ1) is 11.5. The van der Waals surface area contributed by atoms with Crippen LogP contribution in [0, 0.1) is 10.1 Å². The summed E-state index contributed by atoms with van der Waals surface area (Å²) >= 11 is 0. The summed E-state index contributed by atoms with van der Waals surface area (Å²) in [5, 5.41) is 14.0. The monoisotopic (exact) mass is 208 g/mol. The normalized spacial score (nSPS) is 19.6. The largest absolute Gasteiger partial charge is 0.374 e. The smallest absolute Gasteiger partial charge is 0.288 e. The molecule has 4 heteroatoms. The van der Waals surface area contributed by atoms with Crippen molar-refractivity contribution in [3.8, 4) is 0 Å². The van der Waals surface area contributed by atoms with Crippen LogP contribution in [0.5, 0.6) is 0 Å². The second kappa shape index (κ2) is 4.29. The molecule has 0 saturated heterocycles. The van der Waals surface area contributed by atoms with Crippen molar-refractivity contribution in [2.75, 3.05) is 0 Å². The van der Waals surface area contributed by atoms with E-state index in [1.165, 1.54) is 6.08 Å². The van der Waals surface area contributed by atoms with Crippen LogP contribution < -0.4 is 5.32 Å². The molecule has 0 aromatic carbocycles. The molecule has 82 valence electrons. The van der Waals surface area contributed by atoms with Crippen LogP contribution in [0.2, 0.25) is 0 Å². The fraction of sp³-hybridized carbons (Fsp3) is 0.455. The van der Waals surface area contributed by atoms with Crippen LogP contribution in [0.1, 0.15) is 26.7 Å². The molecule has 0 atom stereocenters. The topological polar surface area (TPSA) is 55.2 Å². The summed E-state index contributed by atoms with van der Waals surface area (Å²) in [6.45, 7) is 7.27. The number of nitrogens with zero attached hydrogens (tertiary/aromatic N) is 1. The minimum atomic E-state index is -0.381. The van der Waals surface area contributed by atoms with Crippen LogP contribution in [0.25, 0.3) is 0 Å². The number of allylic oxidation sites excluding steroid dienone is 3. The standard InChI is InChI=1S/C11H16N2O2/c1-4-6-9(10(5-2)13(14)15)12-11(3)7-8-11/h4-6,12H,1,7-8H2,2-3H3/b9-6+,10-5+. The molecule has 1 fully saturated rings. The van der Waals surface area contributed by atoms with Gasteiger partial charge in [-0.25, -0.2) is 0 Å². The zero-order chi connectivity index (χ0) is 11.5. The van der Waals surface area contributed by atoms with Crippen molar-refractivity contribution in [1.29, 1.82) is 0 Å². The van der Waals surface area contributed by atoms with Gasteiger partial charge in [0.05, 0.1) is 4.92 Å². The molecular formula is C11H16N2O2. The maximum atomic E-state index is 10.8. The number of hydrogen-bond donors (Lipinski definition) is 1. The second-order valence-electron chi connectivity index (χ2n) is 3.93. The van der Waals surface area contributed by atoms with Crippen molar-refractivity contribution < 1.29 is 4.92 Å². The van der Waals surface area contributed by atoms with Crippen molar-refractivity contribution in [2.45, 2.75) is 32.2 Å². The number of hydrogen-bond acceptors (Lipinski definition) is 3. The van der Waals surface area contributed by atoms with Gasteiger partial charge in [-0.1, -0.05) is 12.7 Å². The lowest BCUT2D eigenvalue weighted by molar-refractivity contribution is -0.421. The lowest BCUT2D eigenvalue weighted by Crippen LogP contribution is -2.29. The molecule has 0 heterocycles. The van der Waals surface area contributed by atoms with Gasteiger partial charge in [0.15, 0.2) is 0 Å². The molecule has 0 aromatic rings. The van der Waals surface area contributed by atoms with Gasteiger partial charge in [0.2, 0.25) is 0 Å². The summed E-state index contributed by atoms with van der Waals surface area (Å²) in [5.74, 6) is 0. The Morgan fingerprint density at radius 3 is 2.53 bits per heavy atom. The lowest BCUT2D eigenvalue weighted by Gasteiger charge is -2.14. The molecule has 4 nitrogen and oxygen atoms in total. The molecule has 0 radical (unpaired) electrons. The van der Waals surface area contributed by atoms with Crippen molar-refractivity contribution in [1.82, 2.24) is 5.32 Å². The summed E-state index contributed by atoms with van der Waals surface area (Å²) in [5.41, 5.74) is 0.666. The van der Waals surface area contributed by atoms with E-state index in [-0.39, 0.29) is 16.2 Å². The Morgan fingerprint density at radius 2 is 2.20 bits per heavy atom. The third kappa shape index (κ3) is 2.94. The van der Waals surface area contributed by atoms with Gasteiger partial charge in [-0.15, -0.1) is 0 Å². The molecule has 1 saturated carbocycles. The van der Waals surface area contributed by atoms with Gasteiger partial charge in [-0.3, -0.25) is 10.1 Å². The van der Waals surface area contributed by atoms with Crippen molar-refractivity contribution in [3.05, 3.63) is 46.3 Å². The number of nitrogens with one attached hydrogen (secondary N) is 1. The minimum absolute atomic E-state index is 0.0269. The first-order chi connectivity index (χ1) is 7.02. The third-order valence-electron chi connectivity index (χ3n) is 2.47. The molecule has 15 heavy (non-hydrogen) atoms. The highest BCUT2D eigenvalue weighted by molar-refractivity contribution is 5.29. The average molecular weight is 208 g/mol. The van der Waals surface area contributed by atoms with Gasteiger partial charge in [0.1, 0.15) is 5.70 Å². The summed E-state index contributed by atoms with van der Waals surface area (Å²) < 4.78 is 0. The molecule has 0 bridgehead atoms. The quantitative estimate of drug-likeness (QED) is 0.428. The molecule has 0 aromatic heterocycles. The Hall–Kier alpha value is -1.58.